The van der Waals surface area contributed by atoms with Gasteiger partial charge in [-0.15, -0.1) is 0 Å². The maximum Gasteiger partial charge on any atom is 0.303 e. The smallest absolute Gasteiger partial charge is 0.303 e. The Morgan fingerprint density at radius 2 is 1.50 bits per heavy atom. The molecule has 1 saturated heterocycles. The van der Waals surface area contributed by atoms with Crippen LogP contribution in [-0.4, -0.2) is 75.4 Å². The number of hydrogen-bond acceptors (Lipinski definition) is 10. The van der Waals surface area contributed by atoms with Crippen LogP contribution in [0.5, 0.6) is 0 Å². The molecule has 1 fully saturated rings. The number of ether oxygens (including phenoxy) is 4. The van der Waals surface area contributed by atoms with Gasteiger partial charge in [-0.25, -0.2) is 0 Å². The summed E-state index contributed by atoms with van der Waals surface area (Å²) >= 11 is 2.96. The van der Waals surface area contributed by atoms with Gasteiger partial charge in [0.2, 0.25) is 4.70 Å². The molecule has 0 spiro atoms. The van der Waals surface area contributed by atoms with E-state index in [2.05, 4.69) is 15.9 Å². The van der Waals surface area contributed by atoms with Gasteiger partial charge in [0, 0.05) is 20.8 Å². The summed E-state index contributed by atoms with van der Waals surface area (Å²) in [4.78, 5) is 61.7. The normalized spacial score (nSPS) is 29.3. The van der Waals surface area contributed by atoms with Crippen LogP contribution in [0, 0.1) is 0 Å². The van der Waals surface area contributed by atoms with Crippen molar-refractivity contribution in [3.63, 3.8) is 0 Å². The number of esters is 3. The molecule has 2 aliphatic heterocycles. The maximum atomic E-state index is 13.1. The summed E-state index contributed by atoms with van der Waals surface area (Å²) in [5.74, 6) is -3.86. The molecule has 5 atom stereocenters. The van der Waals surface area contributed by atoms with E-state index in [1.54, 1.807) is 12.1 Å². The highest BCUT2D eigenvalue weighted by Gasteiger charge is 2.62. The van der Waals surface area contributed by atoms with Gasteiger partial charge in [0.1, 0.15) is 18.8 Å². The fourth-order valence-corrected chi connectivity index (χ4v) is 4.40. The van der Waals surface area contributed by atoms with Gasteiger partial charge in [0.15, 0.2) is 12.2 Å². The fraction of sp³-hybridized carbons (Fsp3) is 0.450. The number of alkyl halides is 1. The van der Waals surface area contributed by atoms with Gasteiger partial charge in [-0.05, 0) is 28.1 Å². The average molecular weight is 514 g/mol. The Bertz CT molecular complexity index is 942. The molecule has 32 heavy (non-hydrogen) atoms. The zero-order chi connectivity index (χ0) is 23.8. The van der Waals surface area contributed by atoms with Gasteiger partial charge < -0.3 is 24.1 Å². The van der Waals surface area contributed by atoms with Gasteiger partial charge in [-0.2, -0.15) is 0 Å². The van der Waals surface area contributed by atoms with Crippen molar-refractivity contribution in [2.24, 2.45) is 0 Å². The number of rotatable bonds is 5. The molecule has 172 valence electrons. The predicted octanol–water partition coefficient (Wildman–Crippen LogP) is 0.518. The molecule has 2 heterocycles. The minimum atomic E-state index is -2.44. The molecule has 0 unspecified atom stereocenters. The fourth-order valence-electron chi connectivity index (χ4n) is 3.70. The van der Waals surface area contributed by atoms with Crippen molar-refractivity contribution in [3.05, 3.63) is 35.4 Å². The molecular weight excluding hydrogens is 494 g/mol. The molecule has 0 saturated carbocycles. The Balaban J connectivity index is 2.08. The second-order valence-corrected chi connectivity index (χ2v) is 8.32. The standard InChI is InChI=1S/C20H20BrNO10/c1-9(23)29-8-14-15(30-10(2)24)16(31-11(3)25)17(20(21,28)32-14)22-18(26)12-6-4-5-7-13(12)19(22)27/h4-7,14-17,28H,8H2,1-3H3/t14-,15-,16+,17-,20+/m1/s1. The summed E-state index contributed by atoms with van der Waals surface area (Å²) in [6, 6.07) is 4.33. The molecule has 1 aromatic rings. The predicted molar refractivity (Wildman–Crippen MR) is 107 cm³/mol. The second-order valence-electron chi connectivity index (χ2n) is 7.19. The van der Waals surface area contributed by atoms with Crippen molar-refractivity contribution < 1.29 is 48.0 Å². The van der Waals surface area contributed by atoms with E-state index in [4.69, 9.17) is 18.9 Å². The zero-order valence-electron chi connectivity index (χ0n) is 17.3. The number of nitrogens with zero attached hydrogens (tertiary/aromatic N) is 1. The first kappa shape index (κ1) is 23.8. The summed E-state index contributed by atoms with van der Waals surface area (Å²) in [6.45, 7) is 2.80. The number of fused-ring (bicyclic) bond motifs is 1. The van der Waals surface area contributed by atoms with Crippen LogP contribution in [0.1, 0.15) is 41.5 Å². The van der Waals surface area contributed by atoms with E-state index in [9.17, 15) is 29.1 Å². The Morgan fingerprint density at radius 3 is 1.97 bits per heavy atom. The zero-order valence-corrected chi connectivity index (χ0v) is 18.9. The van der Waals surface area contributed by atoms with Crippen LogP contribution in [0.3, 0.4) is 0 Å². The quantitative estimate of drug-likeness (QED) is 0.255. The topological polar surface area (TPSA) is 146 Å². The van der Waals surface area contributed by atoms with Crippen molar-refractivity contribution in [1.29, 1.82) is 0 Å². The number of benzene rings is 1. The molecule has 0 bridgehead atoms. The molecular formula is C20H20BrNO10. The van der Waals surface area contributed by atoms with E-state index in [-0.39, 0.29) is 11.1 Å². The molecule has 2 amide bonds. The van der Waals surface area contributed by atoms with E-state index in [1.165, 1.54) is 12.1 Å². The second kappa shape index (κ2) is 8.96. The molecule has 0 aromatic heterocycles. The van der Waals surface area contributed by atoms with Gasteiger partial charge in [0.25, 0.3) is 11.8 Å². The van der Waals surface area contributed by atoms with Crippen molar-refractivity contribution in [3.8, 4) is 0 Å². The van der Waals surface area contributed by atoms with Gasteiger partial charge in [-0.1, -0.05) is 12.1 Å². The number of halogens is 1. The molecule has 3 rings (SSSR count). The third-order valence-corrected chi connectivity index (χ3v) is 5.50. The summed E-state index contributed by atoms with van der Waals surface area (Å²) < 4.78 is 18.6. The monoisotopic (exact) mass is 513 g/mol. The minimum absolute atomic E-state index is 0.0773. The number of carbonyl (C=O) groups is 5. The summed E-state index contributed by atoms with van der Waals surface area (Å²) in [5.41, 5.74) is 0.155. The molecule has 0 aliphatic carbocycles. The largest absolute Gasteiger partial charge is 0.463 e. The molecule has 1 N–H and O–H groups in total. The van der Waals surface area contributed by atoms with E-state index < -0.39 is 65.4 Å². The van der Waals surface area contributed by atoms with Crippen molar-refractivity contribution >= 4 is 45.7 Å². The van der Waals surface area contributed by atoms with Crippen LogP contribution in [0.15, 0.2) is 24.3 Å². The summed E-state index contributed by atoms with van der Waals surface area (Å²) in [6.07, 6.45) is -4.29. The lowest BCUT2D eigenvalue weighted by Gasteiger charge is -2.49. The van der Waals surface area contributed by atoms with Crippen LogP contribution in [0.25, 0.3) is 0 Å². The lowest BCUT2D eigenvalue weighted by molar-refractivity contribution is -0.285. The first-order chi connectivity index (χ1) is 14.9. The third kappa shape index (κ3) is 4.52. The highest BCUT2D eigenvalue weighted by molar-refractivity contribution is 9.10. The molecule has 11 nitrogen and oxygen atoms in total. The lowest BCUT2D eigenvalue weighted by Crippen LogP contribution is -2.70. The Hall–Kier alpha value is -2.83. The highest BCUT2D eigenvalue weighted by atomic mass is 79.9. The third-order valence-electron chi connectivity index (χ3n) is 4.84. The van der Waals surface area contributed by atoms with Crippen molar-refractivity contribution in [2.75, 3.05) is 6.61 Å². The Kier molecular flexibility index (Phi) is 6.67. The van der Waals surface area contributed by atoms with Gasteiger partial charge in [0.05, 0.1) is 11.1 Å². The molecule has 2 aliphatic rings. The van der Waals surface area contributed by atoms with E-state index in [1.807, 2.05) is 0 Å². The van der Waals surface area contributed by atoms with E-state index in [0.29, 0.717) is 4.90 Å². The van der Waals surface area contributed by atoms with Crippen molar-refractivity contribution in [2.45, 2.75) is 49.8 Å². The number of imide groups is 1. The first-order valence-electron chi connectivity index (χ1n) is 9.48. The molecule has 0 radical (unpaired) electrons. The van der Waals surface area contributed by atoms with Crippen LogP contribution in [0.2, 0.25) is 0 Å². The van der Waals surface area contributed by atoms with Crippen LogP contribution < -0.4 is 0 Å². The van der Waals surface area contributed by atoms with Crippen LogP contribution in [0.4, 0.5) is 0 Å². The minimum Gasteiger partial charge on any atom is -0.463 e. The number of aliphatic hydroxyl groups is 1. The van der Waals surface area contributed by atoms with Gasteiger partial charge >= 0.3 is 17.9 Å². The maximum absolute atomic E-state index is 13.1. The van der Waals surface area contributed by atoms with E-state index >= 15 is 0 Å². The SMILES string of the molecule is CC(=O)OC[C@H]1O[C@](O)(Br)[C@H](N2C(=O)c3ccccc3C2=O)[C@@H](OC(C)=O)[C@@H]1OC(C)=O. The summed E-state index contributed by atoms with van der Waals surface area (Å²) in [5, 5.41) is 11.1. The number of carbonyl (C=O) groups excluding carboxylic acids is 5. The Labute approximate surface area is 190 Å². The van der Waals surface area contributed by atoms with Gasteiger partial charge in [-0.3, -0.25) is 28.9 Å². The molecule has 1 aromatic carbocycles. The lowest BCUT2D eigenvalue weighted by atomic mass is 9.94. The van der Waals surface area contributed by atoms with E-state index in [0.717, 1.165) is 20.8 Å². The van der Waals surface area contributed by atoms with Crippen LogP contribution >= 0.6 is 15.9 Å². The first-order valence-corrected chi connectivity index (χ1v) is 10.3. The number of hydrogen-bond donors (Lipinski definition) is 1. The average Bonchev–Trinajstić information content (AvgIpc) is 2.93. The van der Waals surface area contributed by atoms with Crippen molar-refractivity contribution in [1.82, 2.24) is 4.90 Å². The Morgan fingerprint density at radius 1 is 1.00 bits per heavy atom. The number of amides is 2. The summed E-state index contributed by atoms with van der Waals surface area (Å²) in [7, 11) is 0. The molecule has 12 heteroatoms. The highest BCUT2D eigenvalue weighted by Crippen LogP contribution is 2.41. The van der Waals surface area contributed by atoms with Crippen LogP contribution in [-0.2, 0) is 33.3 Å².